The molecule has 0 fully saturated rings. The van der Waals surface area contributed by atoms with Gasteiger partial charge in [0.25, 0.3) is 0 Å². The standard InChI is InChI=1S/C84H159N2O6P/c1-6-8-10-12-14-16-18-20-22-24-26-28-30-32-34-36-38-39-40-41-42-43-44-45-46-47-48-50-52-54-56-58-60-62-64-66-68-70-72-74-76-78-84(88)85-82(81-92-93(89,90)91-80-79-86(3,4)5)83(87)77-75-73-71-69-67-65-63-61-59-57-55-53-51-49-37-35-33-31-29-27-25-23-21-19-17-15-13-11-9-7-2/h8,10,14,16,20,22,26,28,67,69,75,77,82-83,87H,6-7,9,11-13,15,17-19,21,23-25,27,29-66,68,70-74,76,78-81H2,1-5H3,(H-,85,88,89,90)/p+1/b10-8-,16-14-,22-20-,28-26-,69-67+,77-75+. The first-order valence-corrected chi connectivity index (χ1v) is 42.3. The summed E-state index contributed by atoms with van der Waals surface area (Å²) in [5.41, 5.74) is 0. The highest BCUT2D eigenvalue weighted by Crippen LogP contribution is 2.43. The van der Waals surface area contributed by atoms with Crippen LogP contribution in [0.2, 0.25) is 0 Å². The predicted octanol–water partition coefficient (Wildman–Crippen LogP) is 26.8. The van der Waals surface area contributed by atoms with Crippen molar-refractivity contribution in [1.29, 1.82) is 0 Å². The van der Waals surface area contributed by atoms with Crippen molar-refractivity contribution in [2.75, 3.05) is 40.9 Å². The van der Waals surface area contributed by atoms with Crippen LogP contribution in [0.1, 0.15) is 406 Å². The second-order valence-electron chi connectivity index (χ2n) is 29.1. The number of phosphoric ester groups is 1. The highest BCUT2D eigenvalue weighted by Gasteiger charge is 2.28. The number of aliphatic hydroxyl groups is 1. The molecule has 0 rings (SSSR count). The number of allylic oxidation sites excluding steroid dienone is 11. The van der Waals surface area contributed by atoms with Crippen molar-refractivity contribution in [1.82, 2.24) is 5.32 Å². The lowest BCUT2D eigenvalue weighted by molar-refractivity contribution is -0.870. The lowest BCUT2D eigenvalue weighted by Gasteiger charge is -2.25. The number of nitrogens with one attached hydrogen (secondary N) is 1. The maximum absolute atomic E-state index is 13.1. The monoisotopic (exact) mass is 1320 g/mol. The Labute approximate surface area is 580 Å². The molecule has 8 nitrogen and oxygen atoms in total. The van der Waals surface area contributed by atoms with Gasteiger partial charge in [-0.1, -0.05) is 401 Å². The van der Waals surface area contributed by atoms with Gasteiger partial charge in [0.05, 0.1) is 39.9 Å². The molecule has 0 aromatic carbocycles. The number of aliphatic hydroxyl groups excluding tert-OH is 1. The molecule has 3 unspecified atom stereocenters. The Bertz CT molecular complexity index is 1750. The van der Waals surface area contributed by atoms with Crippen LogP contribution in [-0.4, -0.2) is 73.4 Å². The Hall–Kier alpha value is -2.06. The summed E-state index contributed by atoms with van der Waals surface area (Å²) in [4.78, 5) is 23.5. The number of carbonyl (C=O) groups excluding carboxylic acids is 1. The number of likely N-dealkylation sites (N-methyl/N-ethyl adjacent to an activating group) is 1. The second kappa shape index (κ2) is 74.2. The van der Waals surface area contributed by atoms with Crippen LogP contribution < -0.4 is 5.32 Å². The van der Waals surface area contributed by atoms with E-state index in [0.29, 0.717) is 17.4 Å². The highest BCUT2D eigenvalue weighted by atomic mass is 31.2. The Balaban J connectivity index is 3.94. The van der Waals surface area contributed by atoms with E-state index in [1.165, 1.54) is 321 Å². The molecular formula is C84H160N2O6P+. The topological polar surface area (TPSA) is 105 Å². The third kappa shape index (κ3) is 77.2. The molecule has 0 aliphatic carbocycles. The maximum atomic E-state index is 13.1. The number of amides is 1. The molecule has 0 aliphatic heterocycles. The van der Waals surface area contributed by atoms with Gasteiger partial charge in [-0.15, -0.1) is 0 Å². The summed E-state index contributed by atoms with van der Waals surface area (Å²) < 4.78 is 23.9. The van der Waals surface area contributed by atoms with Crippen molar-refractivity contribution in [2.24, 2.45) is 0 Å². The largest absolute Gasteiger partial charge is 0.472 e. The zero-order valence-corrected chi connectivity index (χ0v) is 63.7. The molecule has 0 saturated carbocycles. The van der Waals surface area contributed by atoms with Gasteiger partial charge in [-0.3, -0.25) is 13.8 Å². The second-order valence-corrected chi connectivity index (χ2v) is 30.6. The van der Waals surface area contributed by atoms with Gasteiger partial charge < -0.3 is 19.8 Å². The quantitative estimate of drug-likeness (QED) is 0.0243. The minimum absolute atomic E-state index is 0.0572. The molecule has 9 heteroatoms. The third-order valence-corrected chi connectivity index (χ3v) is 19.6. The van der Waals surface area contributed by atoms with Crippen LogP contribution in [0.15, 0.2) is 72.9 Å². The number of carbonyl (C=O) groups is 1. The molecule has 0 bridgehead atoms. The van der Waals surface area contributed by atoms with Crippen molar-refractivity contribution >= 4 is 13.7 Å². The first-order valence-electron chi connectivity index (χ1n) is 40.8. The van der Waals surface area contributed by atoms with Gasteiger partial charge in [0.15, 0.2) is 0 Å². The molecular weight excluding hydrogens is 1160 g/mol. The van der Waals surface area contributed by atoms with Gasteiger partial charge in [-0.2, -0.15) is 0 Å². The Morgan fingerprint density at radius 3 is 0.989 bits per heavy atom. The SMILES string of the molecule is CC/C=C\C/C=C\C/C=C\C/C=C\CCCCCCCCCCCCCCCCCCCCCCCCCCCCCCC(=O)NC(COP(=O)(O)OCC[N+](C)(C)C)C(O)/C=C/CC/C=C/CCCCCCCCCCCCCCCCCCCCCCCCCC. The highest BCUT2D eigenvalue weighted by molar-refractivity contribution is 7.47. The number of phosphoric acid groups is 1. The first kappa shape index (κ1) is 90.9. The Morgan fingerprint density at radius 2 is 0.656 bits per heavy atom. The molecule has 0 aromatic heterocycles. The minimum Gasteiger partial charge on any atom is -0.387 e. The van der Waals surface area contributed by atoms with Gasteiger partial charge in [-0.05, 0) is 70.6 Å². The van der Waals surface area contributed by atoms with E-state index in [1.54, 1.807) is 6.08 Å². The number of hydrogen-bond donors (Lipinski definition) is 3. The molecule has 0 spiro atoms. The molecule has 546 valence electrons. The molecule has 1 amide bonds. The van der Waals surface area contributed by atoms with Gasteiger partial charge in [0.2, 0.25) is 5.91 Å². The molecule has 0 aliphatic rings. The summed E-state index contributed by atoms with van der Waals surface area (Å²) >= 11 is 0. The van der Waals surface area contributed by atoms with Crippen molar-refractivity contribution in [3.05, 3.63) is 72.9 Å². The van der Waals surface area contributed by atoms with Crippen molar-refractivity contribution in [3.63, 3.8) is 0 Å². The van der Waals surface area contributed by atoms with E-state index in [1.807, 2.05) is 27.2 Å². The molecule has 0 heterocycles. The van der Waals surface area contributed by atoms with Crippen LogP contribution in [0.25, 0.3) is 0 Å². The van der Waals surface area contributed by atoms with Crippen LogP contribution in [0.3, 0.4) is 0 Å². The minimum atomic E-state index is -4.37. The summed E-state index contributed by atoms with van der Waals surface area (Å²) in [7, 11) is 1.57. The lowest BCUT2D eigenvalue weighted by Crippen LogP contribution is -2.45. The van der Waals surface area contributed by atoms with E-state index in [2.05, 4.69) is 79.9 Å². The number of quaternary nitrogens is 1. The predicted molar refractivity (Wildman–Crippen MR) is 410 cm³/mol. The van der Waals surface area contributed by atoms with Gasteiger partial charge >= 0.3 is 7.82 Å². The van der Waals surface area contributed by atoms with Gasteiger partial charge in [0.1, 0.15) is 13.2 Å². The van der Waals surface area contributed by atoms with E-state index in [4.69, 9.17) is 9.05 Å². The lowest BCUT2D eigenvalue weighted by atomic mass is 10.0. The molecule has 3 atom stereocenters. The smallest absolute Gasteiger partial charge is 0.387 e. The maximum Gasteiger partial charge on any atom is 0.472 e. The van der Waals surface area contributed by atoms with Crippen LogP contribution >= 0.6 is 7.82 Å². The van der Waals surface area contributed by atoms with Crippen molar-refractivity contribution in [3.8, 4) is 0 Å². The molecule has 0 radical (unpaired) electrons. The van der Waals surface area contributed by atoms with Crippen LogP contribution in [0.5, 0.6) is 0 Å². The fraction of sp³-hybridized carbons (Fsp3) is 0.845. The zero-order chi connectivity index (χ0) is 67.6. The summed E-state index contributed by atoms with van der Waals surface area (Å²) in [6.07, 6.45) is 105. The van der Waals surface area contributed by atoms with Crippen LogP contribution in [0.4, 0.5) is 0 Å². The van der Waals surface area contributed by atoms with E-state index in [0.717, 1.165) is 64.2 Å². The number of nitrogens with zero attached hydrogens (tertiary/aromatic N) is 1. The average Bonchev–Trinajstić information content (AvgIpc) is 2.75. The van der Waals surface area contributed by atoms with Crippen molar-refractivity contribution < 1.29 is 32.9 Å². The van der Waals surface area contributed by atoms with E-state index in [9.17, 15) is 19.4 Å². The summed E-state index contributed by atoms with van der Waals surface area (Å²) in [5.74, 6) is -0.179. The van der Waals surface area contributed by atoms with E-state index < -0.39 is 20.0 Å². The fourth-order valence-corrected chi connectivity index (χ4v) is 13.1. The molecule has 0 saturated heterocycles. The molecule has 3 N–H and O–H groups in total. The van der Waals surface area contributed by atoms with Gasteiger partial charge in [-0.25, -0.2) is 4.57 Å². The van der Waals surface area contributed by atoms with E-state index in [-0.39, 0.29) is 19.1 Å². The first-order chi connectivity index (χ1) is 45.5. The Kier molecular flexibility index (Phi) is 72.5. The fourth-order valence-electron chi connectivity index (χ4n) is 12.4. The van der Waals surface area contributed by atoms with Crippen LogP contribution in [-0.2, 0) is 18.4 Å². The number of rotatable bonds is 76. The van der Waals surface area contributed by atoms with Crippen LogP contribution in [0, 0.1) is 0 Å². The molecule has 93 heavy (non-hydrogen) atoms. The number of unbranched alkanes of at least 4 members (excludes halogenated alkanes) is 53. The van der Waals surface area contributed by atoms with E-state index >= 15 is 0 Å². The summed E-state index contributed by atoms with van der Waals surface area (Å²) in [5, 5.41) is 14.0. The van der Waals surface area contributed by atoms with Crippen molar-refractivity contribution in [2.45, 2.75) is 418 Å². The normalized spacial score (nSPS) is 13.8. The Morgan fingerprint density at radius 1 is 0.376 bits per heavy atom. The molecule has 0 aromatic rings. The zero-order valence-electron chi connectivity index (χ0n) is 62.8. The number of hydrogen-bond acceptors (Lipinski definition) is 5. The summed E-state index contributed by atoms with van der Waals surface area (Å²) in [6.45, 7) is 4.74. The third-order valence-electron chi connectivity index (χ3n) is 18.7. The van der Waals surface area contributed by atoms with Gasteiger partial charge in [0, 0.05) is 6.42 Å². The summed E-state index contributed by atoms with van der Waals surface area (Å²) in [6, 6.07) is -0.866. The average molecular weight is 1330 g/mol.